The summed E-state index contributed by atoms with van der Waals surface area (Å²) in [4.78, 5) is 25.7. The number of carbonyl (C=O) groups excluding carboxylic acids is 2. The van der Waals surface area contributed by atoms with Crippen LogP contribution >= 0.6 is 0 Å². The van der Waals surface area contributed by atoms with Crippen molar-refractivity contribution in [3.8, 4) is 11.5 Å². The number of likely N-dealkylation sites (tertiary alicyclic amines) is 1. The third-order valence-electron chi connectivity index (χ3n) is 5.08. The molecule has 6 heteroatoms. The van der Waals surface area contributed by atoms with E-state index in [1.165, 1.54) is 0 Å². The van der Waals surface area contributed by atoms with E-state index in [0.717, 1.165) is 6.42 Å². The zero-order valence-electron chi connectivity index (χ0n) is 15.6. The minimum Gasteiger partial charge on any atom is -0.457 e. The average molecular weight is 367 g/mol. The summed E-state index contributed by atoms with van der Waals surface area (Å²) in [6, 6.07) is 13.7. The SMILES string of the molecule is CC1(C)CN(C(=O)c2ccc(Oc3ccc(C(N)=O)cc3)cc2)CCC1N. The highest BCUT2D eigenvalue weighted by atomic mass is 16.5. The summed E-state index contributed by atoms with van der Waals surface area (Å²) in [5, 5.41) is 0. The van der Waals surface area contributed by atoms with E-state index in [1.807, 2.05) is 4.90 Å². The van der Waals surface area contributed by atoms with Crippen LogP contribution in [0.5, 0.6) is 11.5 Å². The molecular formula is C21H25N3O3. The molecule has 1 saturated heterocycles. The molecule has 1 aliphatic rings. The van der Waals surface area contributed by atoms with Gasteiger partial charge in [-0.25, -0.2) is 0 Å². The van der Waals surface area contributed by atoms with Crippen molar-refractivity contribution >= 4 is 11.8 Å². The number of ether oxygens (including phenoxy) is 1. The third-order valence-corrected chi connectivity index (χ3v) is 5.08. The van der Waals surface area contributed by atoms with Crippen molar-refractivity contribution in [2.24, 2.45) is 16.9 Å². The van der Waals surface area contributed by atoms with Crippen molar-refractivity contribution in [1.82, 2.24) is 4.90 Å². The number of benzene rings is 2. The number of nitrogens with two attached hydrogens (primary N) is 2. The fraction of sp³-hybridized carbons (Fsp3) is 0.333. The first-order valence-electron chi connectivity index (χ1n) is 8.99. The Morgan fingerprint density at radius 2 is 1.52 bits per heavy atom. The van der Waals surface area contributed by atoms with Crippen molar-refractivity contribution in [2.75, 3.05) is 13.1 Å². The van der Waals surface area contributed by atoms with E-state index >= 15 is 0 Å². The molecule has 142 valence electrons. The molecule has 1 fully saturated rings. The first-order chi connectivity index (χ1) is 12.8. The highest BCUT2D eigenvalue weighted by Crippen LogP contribution is 2.29. The first-order valence-corrected chi connectivity index (χ1v) is 8.99. The van der Waals surface area contributed by atoms with Crippen LogP contribution in [0.15, 0.2) is 48.5 Å². The molecule has 2 aromatic carbocycles. The fourth-order valence-electron chi connectivity index (χ4n) is 3.22. The van der Waals surface area contributed by atoms with Crippen LogP contribution in [0.1, 0.15) is 41.0 Å². The Morgan fingerprint density at radius 1 is 1.00 bits per heavy atom. The van der Waals surface area contributed by atoms with Gasteiger partial charge in [0.15, 0.2) is 0 Å². The lowest BCUT2D eigenvalue weighted by Gasteiger charge is -2.42. The largest absolute Gasteiger partial charge is 0.457 e. The number of nitrogens with zero attached hydrogens (tertiary/aromatic N) is 1. The van der Waals surface area contributed by atoms with Crippen molar-refractivity contribution in [1.29, 1.82) is 0 Å². The van der Waals surface area contributed by atoms with Crippen molar-refractivity contribution in [3.63, 3.8) is 0 Å². The standard InChI is InChI=1S/C21H25N3O3/c1-21(2)13-24(12-11-18(21)22)20(26)15-5-9-17(10-6-15)27-16-7-3-14(4-8-16)19(23)25/h3-10,18H,11-13,22H2,1-2H3,(H2,23,25). The number of piperidine rings is 1. The predicted molar refractivity (Wildman–Crippen MR) is 104 cm³/mol. The molecule has 0 saturated carbocycles. The Bertz CT molecular complexity index is 829. The molecule has 2 aromatic rings. The first kappa shape index (κ1) is 18.9. The van der Waals surface area contributed by atoms with Crippen LogP contribution in [0.2, 0.25) is 0 Å². The van der Waals surface area contributed by atoms with Crippen molar-refractivity contribution in [2.45, 2.75) is 26.3 Å². The maximum atomic E-state index is 12.8. The number of hydrogen-bond donors (Lipinski definition) is 2. The van der Waals surface area contributed by atoms with Crippen LogP contribution < -0.4 is 16.2 Å². The Hall–Kier alpha value is -2.86. The predicted octanol–water partition coefficient (Wildman–Crippen LogP) is 2.78. The number of primary amides is 1. The molecule has 1 unspecified atom stereocenters. The van der Waals surface area contributed by atoms with Crippen LogP contribution in [0.3, 0.4) is 0 Å². The van der Waals surface area contributed by atoms with E-state index in [4.69, 9.17) is 16.2 Å². The molecule has 1 atom stereocenters. The van der Waals surface area contributed by atoms with E-state index < -0.39 is 5.91 Å². The van der Waals surface area contributed by atoms with E-state index in [1.54, 1.807) is 48.5 Å². The van der Waals surface area contributed by atoms with E-state index in [9.17, 15) is 9.59 Å². The molecular weight excluding hydrogens is 342 g/mol. The second kappa shape index (κ2) is 7.40. The zero-order valence-corrected chi connectivity index (χ0v) is 15.6. The summed E-state index contributed by atoms with van der Waals surface area (Å²) in [5.74, 6) is 0.726. The number of amides is 2. The summed E-state index contributed by atoms with van der Waals surface area (Å²) in [5.41, 5.74) is 12.3. The van der Waals surface area contributed by atoms with Crippen molar-refractivity contribution < 1.29 is 14.3 Å². The number of rotatable bonds is 4. The monoisotopic (exact) mass is 367 g/mol. The lowest BCUT2D eigenvalue weighted by molar-refractivity contribution is 0.0533. The Morgan fingerprint density at radius 3 is 2.00 bits per heavy atom. The number of carbonyl (C=O) groups is 2. The second-order valence-electron chi connectivity index (χ2n) is 7.63. The topological polar surface area (TPSA) is 98.6 Å². The molecule has 27 heavy (non-hydrogen) atoms. The Kier molecular flexibility index (Phi) is 5.19. The normalized spacial score (nSPS) is 18.8. The lowest BCUT2D eigenvalue weighted by atomic mass is 9.79. The van der Waals surface area contributed by atoms with Crippen LogP contribution in [0.4, 0.5) is 0 Å². The number of hydrogen-bond acceptors (Lipinski definition) is 4. The van der Waals surface area contributed by atoms with Gasteiger partial charge in [-0.2, -0.15) is 0 Å². The summed E-state index contributed by atoms with van der Waals surface area (Å²) in [6.07, 6.45) is 0.807. The third kappa shape index (κ3) is 4.28. The van der Waals surface area contributed by atoms with Gasteiger partial charge in [-0.05, 0) is 60.4 Å². The molecule has 1 heterocycles. The quantitative estimate of drug-likeness (QED) is 0.868. The summed E-state index contributed by atoms with van der Waals surface area (Å²) in [6.45, 7) is 5.51. The minimum atomic E-state index is -0.480. The van der Waals surface area contributed by atoms with Gasteiger partial charge in [-0.15, -0.1) is 0 Å². The Balaban J connectivity index is 1.66. The fourth-order valence-corrected chi connectivity index (χ4v) is 3.22. The molecule has 6 nitrogen and oxygen atoms in total. The molecule has 0 spiro atoms. The van der Waals surface area contributed by atoms with Gasteiger partial charge in [0, 0.05) is 30.3 Å². The molecule has 3 rings (SSSR count). The highest BCUT2D eigenvalue weighted by Gasteiger charge is 2.35. The molecule has 0 aromatic heterocycles. The minimum absolute atomic E-state index is 0.00679. The van der Waals surface area contributed by atoms with Gasteiger partial charge in [-0.1, -0.05) is 13.8 Å². The van der Waals surface area contributed by atoms with Crippen LogP contribution in [-0.4, -0.2) is 35.8 Å². The molecule has 2 amide bonds. The van der Waals surface area contributed by atoms with E-state index in [0.29, 0.717) is 35.7 Å². The lowest BCUT2D eigenvalue weighted by Crippen LogP contribution is -2.53. The molecule has 0 aliphatic carbocycles. The van der Waals surface area contributed by atoms with Crippen LogP contribution in [0.25, 0.3) is 0 Å². The molecule has 0 bridgehead atoms. The van der Waals surface area contributed by atoms with Gasteiger partial charge >= 0.3 is 0 Å². The second-order valence-corrected chi connectivity index (χ2v) is 7.63. The van der Waals surface area contributed by atoms with E-state index in [2.05, 4.69) is 13.8 Å². The van der Waals surface area contributed by atoms with Crippen LogP contribution in [0, 0.1) is 5.41 Å². The summed E-state index contributed by atoms with van der Waals surface area (Å²) in [7, 11) is 0. The van der Waals surface area contributed by atoms with Gasteiger partial charge in [0.2, 0.25) is 5.91 Å². The highest BCUT2D eigenvalue weighted by molar-refractivity contribution is 5.94. The van der Waals surface area contributed by atoms with E-state index in [-0.39, 0.29) is 17.4 Å². The summed E-state index contributed by atoms with van der Waals surface area (Å²) >= 11 is 0. The molecule has 0 radical (unpaired) electrons. The van der Waals surface area contributed by atoms with Gasteiger partial charge in [0.25, 0.3) is 5.91 Å². The van der Waals surface area contributed by atoms with Gasteiger partial charge in [-0.3, -0.25) is 9.59 Å². The zero-order chi connectivity index (χ0) is 19.6. The van der Waals surface area contributed by atoms with Gasteiger partial charge in [0.05, 0.1) is 0 Å². The maximum Gasteiger partial charge on any atom is 0.253 e. The van der Waals surface area contributed by atoms with Gasteiger partial charge in [0.1, 0.15) is 11.5 Å². The van der Waals surface area contributed by atoms with Gasteiger partial charge < -0.3 is 21.1 Å². The maximum absolute atomic E-state index is 12.8. The molecule has 4 N–H and O–H groups in total. The summed E-state index contributed by atoms with van der Waals surface area (Å²) < 4.78 is 5.75. The molecule has 1 aliphatic heterocycles. The van der Waals surface area contributed by atoms with Crippen molar-refractivity contribution in [3.05, 3.63) is 59.7 Å². The average Bonchev–Trinajstić information content (AvgIpc) is 2.64. The van der Waals surface area contributed by atoms with Crippen LogP contribution in [-0.2, 0) is 0 Å². The smallest absolute Gasteiger partial charge is 0.253 e. The Labute approximate surface area is 159 Å².